The van der Waals surface area contributed by atoms with Crippen molar-refractivity contribution >= 4 is 11.6 Å². The van der Waals surface area contributed by atoms with Crippen LogP contribution in [-0.2, 0) is 4.79 Å². The number of fused-ring (bicyclic) bond motifs is 3. The zero-order valence-electron chi connectivity index (χ0n) is 8.63. The van der Waals surface area contributed by atoms with Gasteiger partial charge < -0.3 is 11.1 Å². The third-order valence-corrected chi connectivity index (χ3v) is 3.12. The fourth-order valence-electron chi connectivity index (χ4n) is 2.17. The molecule has 0 bridgehead atoms. The minimum atomic E-state index is -0.809. The van der Waals surface area contributed by atoms with Crippen molar-refractivity contribution in [1.29, 1.82) is 0 Å². The van der Waals surface area contributed by atoms with E-state index in [1.165, 1.54) is 6.07 Å². The number of amides is 1. The molecule has 1 aliphatic carbocycles. The summed E-state index contributed by atoms with van der Waals surface area (Å²) < 4.78 is 26.8. The van der Waals surface area contributed by atoms with E-state index in [0.29, 0.717) is 5.56 Å². The highest BCUT2D eigenvalue weighted by atomic mass is 19.1. The summed E-state index contributed by atoms with van der Waals surface area (Å²) in [7, 11) is 0. The van der Waals surface area contributed by atoms with Crippen molar-refractivity contribution in [3.8, 4) is 11.8 Å². The predicted octanol–water partition coefficient (Wildman–Crippen LogP) is 0.961. The van der Waals surface area contributed by atoms with Crippen LogP contribution in [0.25, 0.3) is 0 Å². The largest absolute Gasteiger partial charge is 0.322 e. The van der Waals surface area contributed by atoms with Gasteiger partial charge in [0.05, 0.1) is 23.6 Å². The summed E-state index contributed by atoms with van der Waals surface area (Å²) in [5.74, 6) is 2.86. The Balaban J connectivity index is 2.21. The van der Waals surface area contributed by atoms with E-state index in [2.05, 4.69) is 17.2 Å². The van der Waals surface area contributed by atoms with Gasteiger partial charge in [0, 0.05) is 6.07 Å². The molecule has 1 amide bonds. The van der Waals surface area contributed by atoms with Gasteiger partial charge in [0.1, 0.15) is 11.6 Å². The topological polar surface area (TPSA) is 55.1 Å². The summed E-state index contributed by atoms with van der Waals surface area (Å²) in [4.78, 5) is 11.6. The second-order valence-corrected chi connectivity index (χ2v) is 4.16. The number of hydrogen-bond acceptors (Lipinski definition) is 2. The highest BCUT2D eigenvalue weighted by Gasteiger charge is 2.40. The molecular weight excluding hydrogens is 226 g/mol. The molecule has 0 unspecified atom stereocenters. The van der Waals surface area contributed by atoms with Crippen molar-refractivity contribution in [2.45, 2.75) is 12.0 Å². The lowest BCUT2D eigenvalue weighted by Crippen LogP contribution is -2.43. The van der Waals surface area contributed by atoms with Crippen LogP contribution >= 0.6 is 0 Å². The zero-order chi connectivity index (χ0) is 12.2. The third-order valence-electron chi connectivity index (χ3n) is 3.12. The average molecular weight is 234 g/mol. The van der Waals surface area contributed by atoms with Crippen molar-refractivity contribution in [3.05, 3.63) is 29.3 Å². The maximum Gasteiger partial charge on any atom is 0.242 e. The van der Waals surface area contributed by atoms with E-state index in [-0.39, 0.29) is 17.5 Å². The van der Waals surface area contributed by atoms with Crippen LogP contribution in [0.5, 0.6) is 0 Å². The number of hydrogen-bond donors (Lipinski definition) is 2. The highest BCUT2D eigenvalue weighted by Crippen LogP contribution is 2.40. The second-order valence-electron chi connectivity index (χ2n) is 4.16. The molecule has 3 atom stereocenters. The molecule has 0 saturated carbocycles. The van der Waals surface area contributed by atoms with Gasteiger partial charge in [-0.05, 0) is 11.6 Å². The standard InChI is InChI=1S/C12H8F2N2O/c13-5-3-8-6-1-2-7(6)10(15)12(17)16-11(8)9(14)4-5/h3-4,6-7,10H,15H2,(H,16,17)/t6-,7+,10+/m0/s1. The molecule has 0 aromatic heterocycles. The Morgan fingerprint density at radius 2 is 2.06 bits per heavy atom. The number of benzene rings is 1. The Morgan fingerprint density at radius 3 is 2.71 bits per heavy atom. The smallest absolute Gasteiger partial charge is 0.242 e. The van der Waals surface area contributed by atoms with Crippen LogP contribution in [0, 0.1) is 29.4 Å². The van der Waals surface area contributed by atoms with E-state index >= 15 is 0 Å². The number of halogens is 2. The molecule has 17 heavy (non-hydrogen) atoms. The van der Waals surface area contributed by atoms with Gasteiger partial charge in [0.25, 0.3) is 0 Å². The molecular formula is C12H8F2N2O. The maximum absolute atomic E-state index is 13.6. The SMILES string of the molecule is N[C@H]1C(=O)Nc2c(F)cc(F)cc2[C@H]2C#C[C@H]21. The Hall–Kier alpha value is -1.93. The van der Waals surface area contributed by atoms with Gasteiger partial charge in [-0.2, -0.15) is 0 Å². The normalized spacial score (nSPS) is 28.9. The minimum absolute atomic E-state index is 0.00616. The van der Waals surface area contributed by atoms with Crippen molar-refractivity contribution < 1.29 is 13.6 Å². The molecule has 2 aliphatic rings. The van der Waals surface area contributed by atoms with Gasteiger partial charge in [-0.15, -0.1) is 0 Å². The van der Waals surface area contributed by atoms with Crippen molar-refractivity contribution in [2.75, 3.05) is 5.32 Å². The van der Waals surface area contributed by atoms with E-state index in [9.17, 15) is 13.6 Å². The minimum Gasteiger partial charge on any atom is -0.322 e. The molecule has 1 aliphatic heterocycles. The molecule has 0 radical (unpaired) electrons. The summed E-state index contributed by atoms with van der Waals surface area (Å²) in [5.41, 5.74) is 6.06. The fourth-order valence-corrected chi connectivity index (χ4v) is 2.17. The van der Waals surface area contributed by atoms with Crippen molar-refractivity contribution in [2.24, 2.45) is 11.7 Å². The van der Waals surface area contributed by atoms with Gasteiger partial charge in [-0.3, -0.25) is 4.79 Å². The monoisotopic (exact) mass is 234 g/mol. The molecule has 1 aromatic rings. The lowest BCUT2D eigenvalue weighted by Gasteiger charge is -2.26. The number of carbonyl (C=O) groups excluding carboxylic acids is 1. The highest BCUT2D eigenvalue weighted by molar-refractivity contribution is 5.98. The van der Waals surface area contributed by atoms with E-state index in [0.717, 1.165) is 6.07 Å². The number of rotatable bonds is 0. The molecule has 1 aromatic carbocycles. The number of nitrogens with two attached hydrogens (primary N) is 1. The zero-order valence-corrected chi connectivity index (χ0v) is 8.63. The Bertz CT molecular complexity index is 588. The number of anilines is 1. The fraction of sp³-hybridized carbons (Fsp3) is 0.250. The van der Waals surface area contributed by atoms with E-state index < -0.39 is 23.6 Å². The summed E-state index contributed by atoms with van der Waals surface area (Å²) in [6, 6.07) is 1.12. The summed E-state index contributed by atoms with van der Waals surface area (Å²) >= 11 is 0. The summed E-state index contributed by atoms with van der Waals surface area (Å²) in [6.07, 6.45) is 0. The lowest BCUT2D eigenvalue weighted by molar-refractivity contribution is -0.118. The first-order chi connectivity index (χ1) is 8.08. The van der Waals surface area contributed by atoms with Gasteiger partial charge in [0.2, 0.25) is 5.91 Å². The molecule has 3 nitrogen and oxygen atoms in total. The van der Waals surface area contributed by atoms with Crippen LogP contribution in [0.3, 0.4) is 0 Å². The Labute approximate surface area is 96.0 Å². The summed E-state index contributed by atoms with van der Waals surface area (Å²) in [5, 5.41) is 2.38. The van der Waals surface area contributed by atoms with Crippen LogP contribution in [0.15, 0.2) is 12.1 Å². The molecule has 3 rings (SSSR count). The van der Waals surface area contributed by atoms with Crippen molar-refractivity contribution in [3.63, 3.8) is 0 Å². The van der Waals surface area contributed by atoms with Crippen LogP contribution in [0.2, 0.25) is 0 Å². The molecule has 5 heteroatoms. The first kappa shape index (κ1) is 10.2. The van der Waals surface area contributed by atoms with Gasteiger partial charge in [-0.1, -0.05) is 11.8 Å². The first-order valence-electron chi connectivity index (χ1n) is 5.14. The summed E-state index contributed by atoms with van der Waals surface area (Å²) in [6.45, 7) is 0. The van der Waals surface area contributed by atoms with E-state index in [1.807, 2.05) is 0 Å². The molecule has 3 N–H and O–H groups in total. The number of carbonyl (C=O) groups is 1. The van der Waals surface area contributed by atoms with Gasteiger partial charge >= 0.3 is 0 Å². The quantitative estimate of drug-likeness (QED) is 0.657. The number of nitrogens with one attached hydrogen (secondary N) is 1. The third kappa shape index (κ3) is 1.34. The second kappa shape index (κ2) is 3.28. The van der Waals surface area contributed by atoms with Crippen LogP contribution in [0.4, 0.5) is 14.5 Å². The first-order valence-corrected chi connectivity index (χ1v) is 5.14. The van der Waals surface area contributed by atoms with Crippen molar-refractivity contribution in [1.82, 2.24) is 0 Å². The van der Waals surface area contributed by atoms with Crippen LogP contribution in [0.1, 0.15) is 11.5 Å². The van der Waals surface area contributed by atoms with Gasteiger partial charge in [0.15, 0.2) is 0 Å². The predicted molar refractivity (Wildman–Crippen MR) is 57.0 cm³/mol. The van der Waals surface area contributed by atoms with Crippen LogP contribution < -0.4 is 11.1 Å². The molecule has 0 fully saturated rings. The lowest BCUT2D eigenvalue weighted by atomic mass is 9.76. The average Bonchev–Trinajstić information content (AvgIpc) is 2.26. The Morgan fingerprint density at radius 1 is 1.29 bits per heavy atom. The molecule has 86 valence electrons. The molecule has 1 heterocycles. The molecule has 0 spiro atoms. The van der Waals surface area contributed by atoms with Crippen LogP contribution in [-0.4, -0.2) is 11.9 Å². The molecule has 0 saturated heterocycles. The maximum atomic E-state index is 13.6. The van der Waals surface area contributed by atoms with E-state index in [4.69, 9.17) is 5.73 Å². The van der Waals surface area contributed by atoms with E-state index in [1.54, 1.807) is 0 Å². The Kier molecular flexibility index (Phi) is 1.98. The van der Waals surface area contributed by atoms with Gasteiger partial charge in [-0.25, -0.2) is 8.78 Å².